The Bertz CT molecular complexity index is 225. The minimum Gasteiger partial charge on any atom is -0.349 e. The maximum Gasteiger partial charge on any atom is 0.195 e. The normalized spacial score (nSPS) is 20.9. The molecule has 0 amide bonds. The topological polar surface area (TPSA) is 22.1 Å². The number of hydrogen-bond donors (Lipinski definition) is 0. The minimum absolute atomic E-state index is 0.653. The average Bonchev–Trinajstić information content (AvgIpc) is 2.64. The van der Waals surface area contributed by atoms with E-state index in [1.54, 1.807) is 0 Å². The van der Waals surface area contributed by atoms with Gasteiger partial charge in [-0.25, -0.2) is 0 Å². The smallest absolute Gasteiger partial charge is 0.195 e. The van der Waals surface area contributed by atoms with Gasteiger partial charge in [-0.15, -0.1) is 0 Å². The number of likely N-dealkylation sites (tertiary alicyclic amines) is 1. The van der Waals surface area contributed by atoms with E-state index >= 15 is 0 Å². The summed E-state index contributed by atoms with van der Waals surface area (Å²) in [5.74, 6) is 1.06. The molecule has 0 aromatic heterocycles. The lowest BCUT2D eigenvalue weighted by Crippen LogP contribution is -2.37. The first-order valence-corrected chi connectivity index (χ1v) is 6.19. The molecule has 1 unspecified atom stereocenters. The van der Waals surface area contributed by atoms with E-state index in [0.717, 1.165) is 19.0 Å². The monoisotopic (exact) mass is 226 g/mol. The van der Waals surface area contributed by atoms with Crippen LogP contribution in [0.4, 0.5) is 0 Å². The summed E-state index contributed by atoms with van der Waals surface area (Å²) in [5, 5.41) is 0. The number of likely N-dealkylation sites (N-methyl/N-ethyl adjacent to an activating group) is 1. The Morgan fingerprint density at radius 3 is 2.38 bits per heavy atom. The highest BCUT2D eigenvalue weighted by atomic mass is 15.3. The minimum atomic E-state index is 0.653. The highest BCUT2D eigenvalue weighted by molar-refractivity contribution is 5.79. The number of rotatable bonds is 3. The third kappa shape index (κ3) is 3.37. The zero-order chi connectivity index (χ0) is 12.1. The molecule has 0 aliphatic carbocycles. The molecule has 1 aliphatic rings. The summed E-state index contributed by atoms with van der Waals surface area (Å²) >= 11 is 0. The Morgan fingerprint density at radius 2 is 1.88 bits per heavy atom. The van der Waals surface area contributed by atoms with Gasteiger partial charge in [-0.1, -0.05) is 6.92 Å². The Hall–Kier alpha value is -0.770. The van der Waals surface area contributed by atoms with E-state index in [2.05, 4.69) is 21.6 Å². The van der Waals surface area contributed by atoms with Crippen molar-refractivity contribution in [3.05, 3.63) is 0 Å². The van der Waals surface area contributed by atoms with E-state index in [4.69, 9.17) is 4.99 Å². The lowest BCUT2D eigenvalue weighted by Gasteiger charge is -2.25. The molecule has 1 rings (SSSR count). The lowest BCUT2D eigenvalue weighted by atomic mass is 10.2. The molecule has 16 heavy (non-hydrogen) atoms. The van der Waals surface area contributed by atoms with Gasteiger partial charge < -0.3 is 9.80 Å². The highest BCUT2D eigenvalue weighted by Gasteiger charge is 2.22. The van der Waals surface area contributed by atoms with E-state index in [9.17, 15) is 0 Å². The quantitative estimate of drug-likeness (QED) is 0.528. The van der Waals surface area contributed by atoms with Gasteiger partial charge in [0.1, 0.15) is 0 Å². The summed E-state index contributed by atoms with van der Waals surface area (Å²) in [6.45, 7) is 5.57. The zero-order valence-electron chi connectivity index (χ0n) is 11.4. The van der Waals surface area contributed by atoms with Gasteiger partial charge in [-0.3, -0.25) is 9.89 Å². The first-order chi connectivity index (χ1) is 7.56. The van der Waals surface area contributed by atoms with Gasteiger partial charge in [0.2, 0.25) is 0 Å². The molecule has 4 nitrogen and oxygen atoms in total. The fourth-order valence-electron chi connectivity index (χ4n) is 2.39. The molecule has 1 atom stereocenters. The van der Waals surface area contributed by atoms with E-state index < -0.39 is 0 Å². The highest BCUT2D eigenvalue weighted by Crippen LogP contribution is 2.16. The van der Waals surface area contributed by atoms with Gasteiger partial charge in [0.05, 0.1) is 6.54 Å². The molecule has 0 N–H and O–H groups in total. The first-order valence-electron chi connectivity index (χ1n) is 6.19. The molecule has 0 aromatic carbocycles. The van der Waals surface area contributed by atoms with Crippen molar-refractivity contribution in [3.8, 4) is 0 Å². The SMILES string of the molecule is CCN1CCCC1CN=C(N(C)C)N(C)C. The van der Waals surface area contributed by atoms with Crippen LogP contribution in [0.1, 0.15) is 19.8 Å². The molecule has 1 aliphatic heterocycles. The average molecular weight is 226 g/mol. The summed E-state index contributed by atoms with van der Waals surface area (Å²) < 4.78 is 0. The standard InChI is InChI=1S/C12H26N4/c1-6-16-9-7-8-11(16)10-13-12(14(2)3)15(4)5/h11H,6-10H2,1-5H3. The second kappa shape index (κ2) is 6.09. The van der Waals surface area contributed by atoms with Crippen molar-refractivity contribution >= 4 is 5.96 Å². The molecular weight excluding hydrogens is 200 g/mol. The molecule has 1 fully saturated rings. The summed E-state index contributed by atoms with van der Waals surface area (Å²) in [6, 6.07) is 0.653. The molecular formula is C12H26N4. The van der Waals surface area contributed by atoms with Crippen LogP contribution in [-0.4, -0.2) is 74.5 Å². The first kappa shape index (κ1) is 13.3. The summed E-state index contributed by atoms with van der Waals surface area (Å²) in [7, 11) is 8.19. The predicted octanol–water partition coefficient (Wildman–Crippen LogP) is 0.950. The number of hydrogen-bond acceptors (Lipinski definition) is 2. The van der Waals surface area contributed by atoms with Crippen molar-refractivity contribution in [1.29, 1.82) is 0 Å². The molecule has 0 spiro atoms. The van der Waals surface area contributed by atoms with Crippen LogP contribution < -0.4 is 0 Å². The van der Waals surface area contributed by atoms with Crippen LogP contribution in [0.15, 0.2) is 4.99 Å². The third-order valence-electron chi connectivity index (χ3n) is 3.15. The molecule has 0 bridgehead atoms. The molecule has 94 valence electrons. The van der Waals surface area contributed by atoms with Crippen LogP contribution in [0.3, 0.4) is 0 Å². The molecule has 0 saturated carbocycles. The maximum atomic E-state index is 4.73. The fourth-order valence-corrected chi connectivity index (χ4v) is 2.39. The molecule has 4 heteroatoms. The van der Waals surface area contributed by atoms with Crippen LogP contribution in [0.25, 0.3) is 0 Å². The van der Waals surface area contributed by atoms with E-state index in [1.165, 1.54) is 19.4 Å². The second-order valence-electron chi connectivity index (χ2n) is 4.85. The van der Waals surface area contributed by atoms with Crippen LogP contribution in [0, 0.1) is 0 Å². The number of aliphatic imine (C=N–C) groups is 1. The van der Waals surface area contributed by atoms with Gasteiger partial charge in [-0.2, -0.15) is 0 Å². The lowest BCUT2D eigenvalue weighted by molar-refractivity contribution is 0.272. The van der Waals surface area contributed by atoms with Crippen molar-refractivity contribution in [1.82, 2.24) is 14.7 Å². The van der Waals surface area contributed by atoms with E-state index in [-0.39, 0.29) is 0 Å². The van der Waals surface area contributed by atoms with Crippen molar-refractivity contribution in [3.63, 3.8) is 0 Å². The Labute approximate surface area is 99.9 Å². The third-order valence-corrected chi connectivity index (χ3v) is 3.15. The van der Waals surface area contributed by atoms with Crippen molar-refractivity contribution < 1.29 is 0 Å². The van der Waals surface area contributed by atoms with Gasteiger partial charge in [0.25, 0.3) is 0 Å². The van der Waals surface area contributed by atoms with E-state index in [0.29, 0.717) is 6.04 Å². The van der Waals surface area contributed by atoms with Crippen LogP contribution in [0.5, 0.6) is 0 Å². The van der Waals surface area contributed by atoms with Crippen molar-refractivity contribution in [2.45, 2.75) is 25.8 Å². The predicted molar refractivity (Wildman–Crippen MR) is 69.9 cm³/mol. The van der Waals surface area contributed by atoms with Gasteiger partial charge >= 0.3 is 0 Å². The Kier molecular flexibility index (Phi) is 5.06. The number of nitrogens with zero attached hydrogens (tertiary/aromatic N) is 4. The Morgan fingerprint density at radius 1 is 1.25 bits per heavy atom. The van der Waals surface area contributed by atoms with Crippen LogP contribution >= 0.6 is 0 Å². The van der Waals surface area contributed by atoms with Crippen molar-refractivity contribution in [2.75, 3.05) is 47.8 Å². The van der Waals surface area contributed by atoms with Crippen LogP contribution in [-0.2, 0) is 0 Å². The largest absolute Gasteiger partial charge is 0.349 e. The van der Waals surface area contributed by atoms with Gasteiger partial charge in [-0.05, 0) is 25.9 Å². The molecule has 0 radical (unpaired) electrons. The summed E-state index contributed by atoms with van der Waals surface area (Å²) in [5.41, 5.74) is 0. The second-order valence-corrected chi connectivity index (χ2v) is 4.85. The summed E-state index contributed by atoms with van der Waals surface area (Å²) in [6.07, 6.45) is 2.62. The zero-order valence-corrected chi connectivity index (χ0v) is 11.4. The fraction of sp³-hybridized carbons (Fsp3) is 0.917. The van der Waals surface area contributed by atoms with Crippen LogP contribution in [0.2, 0.25) is 0 Å². The number of guanidine groups is 1. The van der Waals surface area contributed by atoms with E-state index in [1.807, 2.05) is 28.2 Å². The Balaban J connectivity index is 2.55. The summed E-state index contributed by atoms with van der Waals surface area (Å²) in [4.78, 5) is 11.4. The van der Waals surface area contributed by atoms with Crippen molar-refractivity contribution in [2.24, 2.45) is 4.99 Å². The maximum absolute atomic E-state index is 4.73. The molecule has 1 saturated heterocycles. The molecule has 1 heterocycles. The van der Waals surface area contributed by atoms with Gasteiger partial charge in [0.15, 0.2) is 5.96 Å². The van der Waals surface area contributed by atoms with Gasteiger partial charge in [0, 0.05) is 34.2 Å². The molecule has 0 aromatic rings.